The van der Waals surface area contributed by atoms with Gasteiger partial charge < -0.3 is 9.84 Å². The highest BCUT2D eigenvalue weighted by atomic mass is 79.9. The molecule has 1 N–H and O–H groups in total. The SMILES string of the molecule is CC1(C)CCCCC1C(O)c1cc(Br)cc2c1OCC2. The first kappa shape index (κ1) is 14.4. The molecule has 1 aromatic carbocycles. The summed E-state index contributed by atoms with van der Waals surface area (Å²) in [6.07, 6.45) is 5.34. The van der Waals surface area contributed by atoms with Crippen molar-refractivity contribution in [2.75, 3.05) is 6.61 Å². The average Bonchev–Trinajstić information content (AvgIpc) is 2.84. The summed E-state index contributed by atoms with van der Waals surface area (Å²) in [6, 6.07) is 4.16. The maximum Gasteiger partial charge on any atom is 0.128 e. The number of halogens is 1. The van der Waals surface area contributed by atoms with Crippen molar-refractivity contribution in [1.29, 1.82) is 0 Å². The number of rotatable bonds is 2. The minimum absolute atomic E-state index is 0.200. The highest BCUT2D eigenvalue weighted by molar-refractivity contribution is 9.10. The van der Waals surface area contributed by atoms with Gasteiger partial charge in [0.1, 0.15) is 5.75 Å². The lowest BCUT2D eigenvalue weighted by molar-refractivity contribution is 0.00264. The minimum atomic E-state index is -0.422. The Kier molecular flexibility index (Phi) is 3.85. The molecule has 2 aliphatic rings. The molecular weight excluding hydrogens is 316 g/mol. The Morgan fingerprint density at radius 3 is 2.90 bits per heavy atom. The zero-order valence-corrected chi connectivity index (χ0v) is 13.9. The zero-order chi connectivity index (χ0) is 14.3. The number of hydrogen-bond acceptors (Lipinski definition) is 2. The van der Waals surface area contributed by atoms with Crippen LogP contribution in [0, 0.1) is 11.3 Å². The van der Waals surface area contributed by atoms with Crippen LogP contribution in [0.4, 0.5) is 0 Å². The third-order valence-electron chi connectivity index (χ3n) is 5.07. The molecule has 0 spiro atoms. The summed E-state index contributed by atoms with van der Waals surface area (Å²) in [5, 5.41) is 11.0. The summed E-state index contributed by atoms with van der Waals surface area (Å²) in [5.74, 6) is 1.25. The van der Waals surface area contributed by atoms with Crippen LogP contribution in [0.2, 0.25) is 0 Å². The second-order valence-electron chi connectivity index (χ2n) is 6.87. The third kappa shape index (κ3) is 2.50. The van der Waals surface area contributed by atoms with E-state index < -0.39 is 6.10 Å². The lowest BCUT2D eigenvalue weighted by Crippen LogP contribution is -2.32. The first-order chi connectivity index (χ1) is 9.49. The van der Waals surface area contributed by atoms with Crippen molar-refractivity contribution in [3.63, 3.8) is 0 Å². The van der Waals surface area contributed by atoms with Gasteiger partial charge in [-0.2, -0.15) is 0 Å². The molecule has 1 fully saturated rings. The van der Waals surface area contributed by atoms with Crippen molar-refractivity contribution in [2.45, 2.75) is 52.1 Å². The summed E-state index contributed by atoms with van der Waals surface area (Å²) < 4.78 is 6.83. The van der Waals surface area contributed by atoms with Crippen LogP contribution >= 0.6 is 15.9 Å². The van der Waals surface area contributed by atoms with E-state index in [0.29, 0.717) is 5.92 Å². The molecule has 1 aromatic rings. The molecule has 1 aliphatic heterocycles. The van der Waals surface area contributed by atoms with Gasteiger partial charge >= 0.3 is 0 Å². The van der Waals surface area contributed by atoms with Crippen LogP contribution in [0.5, 0.6) is 5.75 Å². The van der Waals surface area contributed by atoms with Crippen LogP contribution in [0.3, 0.4) is 0 Å². The predicted molar refractivity (Wildman–Crippen MR) is 84.0 cm³/mol. The number of ether oxygens (including phenoxy) is 1. The molecular formula is C17H23BrO2. The van der Waals surface area contributed by atoms with Crippen molar-refractivity contribution < 1.29 is 9.84 Å². The third-order valence-corrected chi connectivity index (χ3v) is 5.52. The van der Waals surface area contributed by atoms with E-state index in [-0.39, 0.29) is 5.41 Å². The normalized spacial score (nSPS) is 25.9. The lowest BCUT2D eigenvalue weighted by Gasteiger charge is -2.41. The summed E-state index contributed by atoms with van der Waals surface area (Å²) in [5.41, 5.74) is 2.40. The Bertz CT molecular complexity index is 510. The quantitative estimate of drug-likeness (QED) is 0.851. The summed E-state index contributed by atoms with van der Waals surface area (Å²) >= 11 is 3.57. The number of fused-ring (bicyclic) bond motifs is 1. The lowest BCUT2D eigenvalue weighted by atomic mass is 9.65. The fourth-order valence-corrected chi connectivity index (χ4v) is 4.36. The predicted octanol–water partition coefficient (Wildman–Crippen LogP) is 4.63. The van der Waals surface area contributed by atoms with Crippen LogP contribution in [-0.2, 0) is 6.42 Å². The first-order valence-corrected chi connectivity index (χ1v) is 8.41. The smallest absolute Gasteiger partial charge is 0.128 e. The molecule has 110 valence electrons. The molecule has 0 aromatic heterocycles. The van der Waals surface area contributed by atoms with E-state index in [0.717, 1.165) is 35.2 Å². The number of aliphatic hydroxyl groups is 1. The Hall–Kier alpha value is -0.540. The topological polar surface area (TPSA) is 29.5 Å². The van der Waals surface area contributed by atoms with Gasteiger partial charge in [-0.05, 0) is 41.9 Å². The van der Waals surface area contributed by atoms with Gasteiger partial charge in [0.2, 0.25) is 0 Å². The van der Waals surface area contributed by atoms with Crippen LogP contribution in [0.25, 0.3) is 0 Å². The zero-order valence-electron chi connectivity index (χ0n) is 12.3. The van der Waals surface area contributed by atoms with Crippen LogP contribution in [-0.4, -0.2) is 11.7 Å². The Balaban J connectivity index is 1.96. The van der Waals surface area contributed by atoms with Gasteiger partial charge in [-0.3, -0.25) is 0 Å². The second kappa shape index (κ2) is 5.34. The van der Waals surface area contributed by atoms with E-state index in [1.807, 2.05) is 6.07 Å². The molecule has 0 bridgehead atoms. The average molecular weight is 339 g/mol. The standard InChI is InChI=1S/C17H23BrO2/c1-17(2)7-4-3-5-14(17)15(19)13-10-12(18)9-11-6-8-20-16(11)13/h9-10,14-15,19H,3-8H2,1-2H3. The molecule has 3 heteroatoms. The van der Waals surface area contributed by atoms with Crippen LogP contribution in [0.15, 0.2) is 16.6 Å². The van der Waals surface area contributed by atoms with Crippen molar-refractivity contribution in [1.82, 2.24) is 0 Å². The van der Waals surface area contributed by atoms with E-state index in [2.05, 4.69) is 35.8 Å². The van der Waals surface area contributed by atoms with Crippen LogP contribution < -0.4 is 4.74 Å². The van der Waals surface area contributed by atoms with Crippen molar-refractivity contribution in [3.8, 4) is 5.75 Å². The fourth-order valence-electron chi connectivity index (χ4n) is 3.84. The van der Waals surface area contributed by atoms with Gasteiger partial charge in [0.25, 0.3) is 0 Å². The monoisotopic (exact) mass is 338 g/mol. The molecule has 1 heterocycles. The minimum Gasteiger partial charge on any atom is -0.493 e. The van der Waals surface area contributed by atoms with E-state index >= 15 is 0 Å². The maximum atomic E-state index is 11.0. The molecule has 0 amide bonds. The van der Waals surface area contributed by atoms with Crippen LogP contribution in [0.1, 0.15) is 56.8 Å². The molecule has 2 nitrogen and oxygen atoms in total. The second-order valence-corrected chi connectivity index (χ2v) is 7.78. The highest BCUT2D eigenvalue weighted by Crippen LogP contribution is 2.49. The van der Waals surface area contributed by atoms with Gasteiger partial charge in [-0.1, -0.05) is 42.6 Å². The van der Waals surface area contributed by atoms with E-state index in [1.165, 1.54) is 24.8 Å². The molecule has 20 heavy (non-hydrogen) atoms. The van der Waals surface area contributed by atoms with Gasteiger partial charge in [0.15, 0.2) is 0 Å². The number of hydrogen-bond donors (Lipinski definition) is 1. The Morgan fingerprint density at radius 1 is 1.35 bits per heavy atom. The molecule has 3 rings (SSSR count). The Labute approximate surface area is 129 Å². The first-order valence-electron chi connectivity index (χ1n) is 7.62. The molecule has 0 radical (unpaired) electrons. The highest BCUT2D eigenvalue weighted by Gasteiger charge is 2.39. The number of benzene rings is 1. The van der Waals surface area contributed by atoms with E-state index in [1.54, 1.807) is 0 Å². The maximum absolute atomic E-state index is 11.0. The number of aliphatic hydroxyl groups excluding tert-OH is 1. The van der Waals surface area contributed by atoms with Gasteiger partial charge in [-0.25, -0.2) is 0 Å². The summed E-state index contributed by atoms with van der Waals surface area (Å²) in [6.45, 7) is 5.32. The molecule has 0 saturated heterocycles. The summed E-state index contributed by atoms with van der Waals surface area (Å²) in [7, 11) is 0. The van der Waals surface area contributed by atoms with Crippen molar-refractivity contribution in [3.05, 3.63) is 27.7 Å². The molecule has 1 saturated carbocycles. The Morgan fingerprint density at radius 2 is 2.15 bits per heavy atom. The molecule has 2 atom stereocenters. The summed E-state index contributed by atoms with van der Waals surface area (Å²) in [4.78, 5) is 0. The van der Waals surface area contributed by atoms with E-state index in [9.17, 15) is 5.11 Å². The van der Waals surface area contributed by atoms with Gasteiger partial charge in [-0.15, -0.1) is 0 Å². The van der Waals surface area contributed by atoms with Crippen molar-refractivity contribution in [2.24, 2.45) is 11.3 Å². The van der Waals surface area contributed by atoms with Crippen molar-refractivity contribution >= 4 is 15.9 Å². The van der Waals surface area contributed by atoms with E-state index in [4.69, 9.17) is 4.74 Å². The van der Waals surface area contributed by atoms with Gasteiger partial charge in [0, 0.05) is 16.5 Å². The fraction of sp³-hybridized carbons (Fsp3) is 0.647. The molecule has 2 unspecified atom stereocenters. The van der Waals surface area contributed by atoms with Gasteiger partial charge in [0.05, 0.1) is 12.7 Å². The largest absolute Gasteiger partial charge is 0.493 e. The molecule has 1 aliphatic carbocycles.